The monoisotopic (exact) mass is 322 g/mol. The summed E-state index contributed by atoms with van der Waals surface area (Å²) in [4.78, 5) is 16.7. The molecule has 0 aliphatic rings. The van der Waals surface area contributed by atoms with Crippen molar-refractivity contribution in [3.63, 3.8) is 0 Å². The van der Waals surface area contributed by atoms with Crippen LogP contribution in [0.25, 0.3) is 0 Å². The van der Waals surface area contributed by atoms with Gasteiger partial charge in [-0.3, -0.25) is 0 Å². The Morgan fingerprint density at radius 2 is 2.14 bits per heavy atom. The minimum Gasteiger partial charge on any atom is -0.461 e. The Kier molecular flexibility index (Phi) is 5.49. The number of nitrogens with zero attached hydrogens (tertiary/aromatic N) is 1. The molecule has 4 nitrogen and oxygen atoms in total. The van der Waals surface area contributed by atoms with Gasteiger partial charge < -0.3 is 10.1 Å². The summed E-state index contributed by atoms with van der Waals surface area (Å²) in [5, 5.41) is 3.62. The Hall–Kier alpha value is -1.95. The maximum absolute atomic E-state index is 13.5. The molecule has 22 heavy (non-hydrogen) atoms. The number of thiazole rings is 1. The molecule has 0 aliphatic heterocycles. The maximum atomic E-state index is 13.5. The highest BCUT2D eigenvalue weighted by atomic mass is 32.1. The number of carbonyl (C=O) groups is 1. The zero-order chi connectivity index (χ0) is 16.1. The van der Waals surface area contributed by atoms with Crippen molar-refractivity contribution in [2.75, 3.05) is 11.9 Å². The van der Waals surface area contributed by atoms with E-state index in [2.05, 4.69) is 10.3 Å². The summed E-state index contributed by atoms with van der Waals surface area (Å²) in [6, 6.07) is 6.55. The number of nitrogens with one attached hydrogen (secondary N) is 1. The lowest BCUT2D eigenvalue weighted by atomic mass is 10.2. The standard InChI is InChI=1S/C16H19FN2O2S/c1-10(2)9-21-15(20)14-11(3)19-16(22-14)18-8-12-6-4-5-7-13(12)17/h4-7,10H,8-9H2,1-3H3,(H,18,19). The van der Waals surface area contributed by atoms with Gasteiger partial charge in [0.25, 0.3) is 0 Å². The van der Waals surface area contributed by atoms with Crippen molar-refractivity contribution < 1.29 is 13.9 Å². The molecule has 118 valence electrons. The Labute approximate surface area is 133 Å². The number of rotatable bonds is 6. The molecule has 1 N–H and O–H groups in total. The van der Waals surface area contributed by atoms with Gasteiger partial charge in [0.2, 0.25) is 0 Å². The predicted molar refractivity (Wildman–Crippen MR) is 85.7 cm³/mol. The van der Waals surface area contributed by atoms with Gasteiger partial charge in [0.05, 0.1) is 12.3 Å². The average Bonchev–Trinajstić information content (AvgIpc) is 2.85. The fourth-order valence-electron chi connectivity index (χ4n) is 1.78. The molecule has 0 aliphatic carbocycles. The number of benzene rings is 1. The van der Waals surface area contributed by atoms with Crippen molar-refractivity contribution in [2.45, 2.75) is 27.3 Å². The van der Waals surface area contributed by atoms with E-state index < -0.39 is 0 Å². The van der Waals surface area contributed by atoms with Crippen molar-refractivity contribution in [1.29, 1.82) is 0 Å². The molecule has 0 radical (unpaired) electrons. The van der Waals surface area contributed by atoms with E-state index in [1.165, 1.54) is 17.4 Å². The minimum absolute atomic E-state index is 0.264. The molecule has 0 unspecified atom stereocenters. The molecule has 0 saturated carbocycles. The number of aryl methyl sites for hydroxylation is 1. The van der Waals surface area contributed by atoms with Crippen molar-refractivity contribution in [3.05, 3.63) is 46.2 Å². The lowest BCUT2D eigenvalue weighted by Gasteiger charge is -2.05. The quantitative estimate of drug-likeness (QED) is 0.816. The van der Waals surface area contributed by atoms with Gasteiger partial charge in [-0.05, 0) is 18.9 Å². The summed E-state index contributed by atoms with van der Waals surface area (Å²) in [5.41, 5.74) is 1.18. The highest BCUT2D eigenvalue weighted by Crippen LogP contribution is 2.24. The normalized spacial score (nSPS) is 10.8. The van der Waals surface area contributed by atoms with E-state index in [0.29, 0.717) is 34.4 Å². The molecule has 6 heteroatoms. The van der Waals surface area contributed by atoms with Crippen LogP contribution in [0.2, 0.25) is 0 Å². The number of aromatic nitrogens is 1. The van der Waals surface area contributed by atoms with Crippen molar-refractivity contribution in [3.8, 4) is 0 Å². The van der Waals surface area contributed by atoms with Crippen LogP contribution in [0.4, 0.5) is 9.52 Å². The van der Waals surface area contributed by atoms with Gasteiger partial charge >= 0.3 is 5.97 Å². The van der Waals surface area contributed by atoms with Gasteiger partial charge in [0.1, 0.15) is 10.7 Å². The van der Waals surface area contributed by atoms with Gasteiger partial charge in [-0.15, -0.1) is 0 Å². The summed E-state index contributed by atoms with van der Waals surface area (Å²) in [6.45, 7) is 6.42. The average molecular weight is 322 g/mol. The number of carbonyl (C=O) groups excluding carboxylic acids is 1. The molecule has 0 spiro atoms. The van der Waals surface area contributed by atoms with E-state index in [4.69, 9.17) is 4.74 Å². The van der Waals surface area contributed by atoms with Gasteiger partial charge in [-0.2, -0.15) is 0 Å². The molecule has 2 aromatic rings. The molecule has 0 fully saturated rings. The Morgan fingerprint density at radius 3 is 2.82 bits per heavy atom. The van der Waals surface area contributed by atoms with Crippen LogP contribution < -0.4 is 5.32 Å². The van der Waals surface area contributed by atoms with E-state index >= 15 is 0 Å². The third-order valence-corrected chi connectivity index (χ3v) is 4.01. The number of hydrogen-bond donors (Lipinski definition) is 1. The molecule has 0 saturated heterocycles. The number of esters is 1. The summed E-state index contributed by atoms with van der Waals surface area (Å²) >= 11 is 1.23. The van der Waals surface area contributed by atoms with Gasteiger partial charge in [-0.1, -0.05) is 43.4 Å². The van der Waals surface area contributed by atoms with Crippen LogP contribution in [-0.2, 0) is 11.3 Å². The van der Waals surface area contributed by atoms with Crippen molar-refractivity contribution in [2.24, 2.45) is 5.92 Å². The van der Waals surface area contributed by atoms with Crippen LogP contribution in [0.1, 0.15) is 34.8 Å². The first-order valence-electron chi connectivity index (χ1n) is 7.09. The smallest absolute Gasteiger partial charge is 0.350 e. The van der Waals surface area contributed by atoms with E-state index in [-0.39, 0.29) is 17.7 Å². The summed E-state index contributed by atoms with van der Waals surface area (Å²) < 4.78 is 18.8. The molecule has 0 atom stereocenters. The first-order valence-corrected chi connectivity index (χ1v) is 7.91. The van der Waals surface area contributed by atoms with Gasteiger partial charge in [0.15, 0.2) is 5.13 Å². The van der Waals surface area contributed by atoms with E-state index in [0.717, 1.165) is 0 Å². The lowest BCUT2D eigenvalue weighted by Crippen LogP contribution is -2.09. The zero-order valence-corrected chi connectivity index (χ0v) is 13.7. The van der Waals surface area contributed by atoms with E-state index in [1.807, 2.05) is 13.8 Å². The van der Waals surface area contributed by atoms with Crippen LogP contribution in [0.5, 0.6) is 0 Å². The second-order valence-corrected chi connectivity index (χ2v) is 6.37. The van der Waals surface area contributed by atoms with Crippen LogP contribution in [0.15, 0.2) is 24.3 Å². The van der Waals surface area contributed by atoms with Crippen LogP contribution in [0, 0.1) is 18.7 Å². The number of hydrogen-bond acceptors (Lipinski definition) is 5. The van der Waals surface area contributed by atoms with Crippen LogP contribution >= 0.6 is 11.3 Å². The minimum atomic E-state index is -0.359. The summed E-state index contributed by atoms with van der Waals surface area (Å²) in [6.07, 6.45) is 0. The topological polar surface area (TPSA) is 51.2 Å². The Morgan fingerprint density at radius 1 is 1.41 bits per heavy atom. The molecule has 2 rings (SSSR count). The maximum Gasteiger partial charge on any atom is 0.350 e. The zero-order valence-electron chi connectivity index (χ0n) is 12.9. The summed E-state index contributed by atoms with van der Waals surface area (Å²) in [5.74, 6) is -0.335. The molecule has 0 amide bonds. The third kappa shape index (κ3) is 4.27. The molecule has 1 aromatic heterocycles. The highest BCUT2D eigenvalue weighted by Gasteiger charge is 2.17. The number of ether oxygens (including phenoxy) is 1. The first kappa shape index (κ1) is 16.4. The largest absolute Gasteiger partial charge is 0.461 e. The Bertz CT molecular complexity index is 655. The van der Waals surface area contributed by atoms with Crippen molar-refractivity contribution >= 4 is 22.4 Å². The number of anilines is 1. The van der Waals surface area contributed by atoms with Crippen LogP contribution in [0.3, 0.4) is 0 Å². The second kappa shape index (κ2) is 7.35. The molecule has 1 aromatic carbocycles. The van der Waals surface area contributed by atoms with Gasteiger partial charge in [0, 0.05) is 12.1 Å². The SMILES string of the molecule is Cc1nc(NCc2ccccc2F)sc1C(=O)OCC(C)C. The molecule has 0 bridgehead atoms. The highest BCUT2D eigenvalue weighted by molar-refractivity contribution is 7.17. The molecule has 1 heterocycles. The van der Waals surface area contributed by atoms with Gasteiger partial charge in [-0.25, -0.2) is 14.2 Å². The second-order valence-electron chi connectivity index (χ2n) is 5.37. The molecular weight excluding hydrogens is 303 g/mol. The number of halogens is 1. The fraction of sp³-hybridized carbons (Fsp3) is 0.375. The first-order chi connectivity index (χ1) is 10.5. The lowest BCUT2D eigenvalue weighted by molar-refractivity contribution is 0.0463. The third-order valence-electron chi connectivity index (χ3n) is 2.92. The Balaban J connectivity index is 2.00. The molecular formula is C16H19FN2O2S. The fourth-order valence-corrected chi connectivity index (χ4v) is 2.64. The predicted octanol–water partition coefficient (Wildman–Crippen LogP) is 4.02. The van der Waals surface area contributed by atoms with E-state index in [9.17, 15) is 9.18 Å². The van der Waals surface area contributed by atoms with Crippen LogP contribution in [-0.4, -0.2) is 17.6 Å². The van der Waals surface area contributed by atoms with E-state index in [1.54, 1.807) is 25.1 Å². The van der Waals surface area contributed by atoms with Crippen molar-refractivity contribution in [1.82, 2.24) is 4.98 Å². The summed E-state index contributed by atoms with van der Waals surface area (Å²) in [7, 11) is 0.